The summed E-state index contributed by atoms with van der Waals surface area (Å²) in [4.78, 5) is 1.26. The van der Waals surface area contributed by atoms with Gasteiger partial charge in [0.05, 0.1) is 5.69 Å². The average molecular weight is 274 g/mol. The van der Waals surface area contributed by atoms with Crippen molar-refractivity contribution < 1.29 is 0 Å². The molecule has 0 saturated carbocycles. The van der Waals surface area contributed by atoms with Gasteiger partial charge in [0.25, 0.3) is 0 Å². The average Bonchev–Trinajstić information content (AvgIpc) is 2.92. The van der Waals surface area contributed by atoms with E-state index in [0.717, 1.165) is 12.1 Å². The van der Waals surface area contributed by atoms with Crippen molar-refractivity contribution in [1.82, 2.24) is 15.0 Å². The Morgan fingerprint density at radius 1 is 1.32 bits per heavy atom. The number of benzene rings is 1. The molecule has 1 aliphatic heterocycles. The van der Waals surface area contributed by atoms with Gasteiger partial charge >= 0.3 is 0 Å². The molecule has 0 radical (unpaired) electrons. The summed E-state index contributed by atoms with van der Waals surface area (Å²) in [6.45, 7) is 0. The number of hydrogen-bond acceptors (Lipinski definition) is 5. The first-order chi connectivity index (χ1) is 9.27. The van der Waals surface area contributed by atoms with Gasteiger partial charge in [-0.2, -0.15) is 0 Å². The summed E-state index contributed by atoms with van der Waals surface area (Å²) < 4.78 is 2.18. The van der Waals surface area contributed by atoms with Crippen molar-refractivity contribution >= 4 is 17.6 Å². The first-order valence-electron chi connectivity index (χ1n) is 6.37. The minimum Gasteiger partial charge on any atom is -0.388 e. The SMILES string of the molecule is CNC1=CCC(NC)(N2Nc3ccccc3S2)C=C1. The van der Waals surface area contributed by atoms with Crippen LogP contribution in [0.1, 0.15) is 6.42 Å². The van der Waals surface area contributed by atoms with Crippen molar-refractivity contribution in [1.29, 1.82) is 0 Å². The molecule has 3 rings (SSSR count). The molecule has 1 aliphatic carbocycles. The van der Waals surface area contributed by atoms with E-state index in [1.807, 2.05) is 14.1 Å². The van der Waals surface area contributed by atoms with Gasteiger partial charge in [0, 0.05) is 24.1 Å². The highest BCUT2D eigenvalue weighted by atomic mass is 32.2. The Hall–Kier alpha value is -1.43. The van der Waals surface area contributed by atoms with Crippen molar-refractivity contribution in [2.24, 2.45) is 0 Å². The highest BCUT2D eigenvalue weighted by Crippen LogP contribution is 2.42. The third-order valence-electron chi connectivity index (χ3n) is 3.55. The summed E-state index contributed by atoms with van der Waals surface area (Å²) in [6, 6.07) is 8.36. The summed E-state index contributed by atoms with van der Waals surface area (Å²) in [7, 11) is 3.94. The number of fused-ring (bicyclic) bond motifs is 1. The molecule has 100 valence electrons. The van der Waals surface area contributed by atoms with Gasteiger partial charge < -0.3 is 10.7 Å². The quantitative estimate of drug-likeness (QED) is 0.738. The molecule has 1 unspecified atom stereocenters. The van der Waals surface area contributed by atoms with E-state index in [-0.39, 0.29) is 5.66 Å². The molecule has 0 aromatic heterocycles. The van der Waals surface area contributed by atoms with Crippen molar-refractivity contribution in [3.63, 3.8) is 0 Å². The number of para-hydroxylation sites is 1. The molecule has 3 N–H and O–H groups in total. The zero-order valence-corrected chi connectivity index (χ0v) is 11.9. The second kappa shape index (κ2) is 4.92. The number of allylic oxidation sites excluding steroid dienone is 1. The second-order valence-electron chi connectivity index (χ2n) is 4.61. The first kappa shape index (κ1) is 12.6. The summed E-state index contributed by atoms with van der Waals surface area (Å²) in [6.07, 6.45) is 7.43. The topological polar surface area (TPSA) is 39.3 Å². The fourth-order valence-corrected chi connectivity index (χ4v) is 3.38. The Morgan fingerprint density at radius 3 is 2.79 bits per heavy atom. The van der Waals surface area contributed by atoms with Crippen LogP contribution in [0.3, 0.4) is 0 Å². The van der Waals surface area contributed by atoms with E-state index in [2.05, 4.69) is 63.0 Å². The number of anilines is 1. The number of hydrogen-bond donors (Lipinski definition) is 3. The Morgan fingerprint density at radius 2 is 2.16 bits per heavy atom. The van der Waals surface area contributed by atoms with Crippen LogP contribution in [-0.4, -0.2) is 24.2 Å². The van der Waals surface area contributed by atoms with Crippen LogP contribution >= 0.6 is 11.9 Å². The zero-order valence-electron chi connectivity index (χ0n) is 11.1. The molecule has 0 saturated heterocycles. The highest BCUT2D eigenvalue weighted by molar-refractivity contribution is 7.97. The number of rotatable bonds is 3. The molecule has 5 heteroatoms. The lowest BCUT2D eigenvalue weighted by atomic mass is 10.0. The zero-order chi connectivity index (χ0) is 13.3. The van der Waals surface area contributed by atoms with E-state index in [9.17, 15) is 0 Å². The molecule has 1 atom stereocenters. The van der Waals surface area contributed by atoms with Gasteiger partial charge in [0.2, 0.25) is 0 Å². The Bertz CT molecular complexity index is 515. The van der Waals surface area contributed by atoms with Gasteiger partial charge in [0.1, 0.15) is 5.66 Å². The molecule has 0 bridgehead atoms. The molecule has 0 spiro atoms. The lowest BCUT2D eigenvalue weighted by Gasteiger charge is -2.38. The molecule has 4 nitrogen and oxygen atoms in total. The van der Waals surface area contributed by atoms with Gasteiger partial charge in [-0.3, -0.25) is 5.32 Å². The van der Waals surface area contributed by atoms with Crippen molar-refractivity contribution in [2.75, 3.05) is 19.5 Å². The maximum absolute atomic E-state index is 3.46. The van der Waals surface area contributed by atoms with Crippen molar-refractivity contribution in [3.8, 4) is 0 Å². The fraction of sp³-hybridized carbons (Fsp3) is 0.286. The molecule has 1 aromatic carbocycles. The van der Waals surface area contributed by atoms with E-state index in [1.54, 1.807) is 11.9 Å². The monoisotopic (exact) mass is 274 g/mol. The first-order valence-corrected chi connectivity index (χ1v) is 7.15. The molecular weight excluding hydrogens is 256 g/mol. The largest absolute Gasteiger partial charge is 0.388 e. The van der Waals surface area contributed by atoms with E-state index in [1.165, 1.54) is 10.6 Å². The van der Waals surface area contributed by atoms with E-state index in [0.29, 0.717) is 0 Å². The summed E-state index contributed by atoms with van der Waals surface area (Å²) in [5.41, 5.74) is 5.58. The third-order valence-corrected chi connectivity index (χ3v) is 4.71. The van der Waals surface area contributed by atoms with Crippen LogP contribution in [0.25, 0.3) is 0 Å². The van der Waals surface area contributed by atoms with Crippen LogP contribution in [0.4, 0.5) is 5.69 Å². The lowest BCUT2D eigenvalue weighted by Crippen LogP contribution is -2.54. The van der Waals surface area contributed by atoms with E-state index in [4.69, 9.17) is 0 Å². The van der Waals surface area contributed by atoms with Crippen molar-refractivity contribution in [3.05, 3.63) is 48.2 Å². The molecular formula is C14H18N4S. The molecule has 2 aliphatic rings. The standard InChI is InChI=1S/C14H18N4S/c1-15-11-7-9-14(16-2,10-8-11)18-17-12-5-3-4-6-13(12)19-18/h3-9,15-17H,10H2,1-2H3. The Kier molecular flexibility index (Phi) is 3.26. The summed E-state index contributed by atoms with van der Waals surface area (Å²) >= 11 is 1.73. The van der Waals surface area contributed by atoms with Gasteiger partial charge in [-0.1, -0.05) is 18.2 Å². The van der Waals surface area contributed by atoms with Gasteiger partial charge in [-0.05, 0) is 43.3 Å². The van der Waals surface area contributed by atoms with Crippen LogP contribution in [0, 0.1) is 0 Å². The smallest absolute Gasteiger partial charge is 0.123 e. The number of nitrogens with one attached hydrogen (secondary N) is 3. The molecule has 1 heterocycles. The minimum atomic E-state index is -0.204. The van der Waals surface area contributed by atoms with E-state index >= 15 is 0 Å². The highest BCUT2D eigenvalue weighted by Gasteiger charge is 2.38. The fourth-order valence-electron chi connectivity index (χ4n) is 2.30. The summed E-state index contributed by atoms with van der Waals surface area (Å²) in [5.74, 6) is 0. The number of likely N-dealkylation sites (N-methyl/N-ethyl adjacent to an activating group) is 2. The maximum Gasteiger partial charge on any atom is 0.123 e. The molecule has 0 fully saturated rings. The van der Waals surface area contributed by atoms with Crippen LogP contribution in [0.5, 0.6) is 0 Å². The van der Waals surface area contributed by atoms with Gasteiger partial charge in [-0.15, -0.1) is 4.41 Å². The minimum absolute atomic E-state index is 0.204. The molecule has 0 amide bonds. The molecule has 1 aromatic rings. The molecule has 19 heavy (non-hydrogen) atoms. The lowest BCUT2D eigenvalue weighted by molar-refractivity contribution is 0.257. The van der Waals surface area contributed by atoms with Gasteiger partial charge in [-0.25, -0.2) is 0 Å². The van der Waals surface area contributed by atoms with Crippen LogP contribution in [-0.2, 0) is 0 Å². The summed E-state index contributed by atoms with van der Waals surface area (Å²) in [5, 5.41) is 6.60. The Balaban J connectivity index is 1.83. The van der Waals surface area contributed by atoms with Crippen LogP contribution in [0.2, 0.25) is 0 Å². The normalized spacial score (nSPS) is 25.7. The third kappa shape index (κ3) is 2.14. The predicted octanol–water partition coefficient (Wildman–Crippen LogP) is 2.32. The Labute approximate surface area is 118 Å². The van der Waals surface area contributed by atoms with Crippen LogP contribution in [0.15, 0.2) is 53.1 Å². The van der Waals surface area contributed by atoms with Gasteiger partial charge in [0.15, 0.2) is 0 Å². The van der Waals surface area contributed by atoms with E-state index < -0.39 is 0 Å². The predicted molar refractivity (Wildman–Crippen MR) is 80.5 cm³/mol. The maximum atomic E-state index is 3.46. The number of hydrazine groups is 1. The van der Waals surface area contributed by atoms with Crippen molar-refractivity contribution in [2.45, 2.75) is 17.0 Å². The number of nitrogens with zero attached hydrogens (tertiary/aromatic N) is 1. The second-order valence-corrected chi connectivity index (χ2v) is 5.60. The van der Waals surface area contributed by atoms with Crippen LogP contribution < -0.4 is 16.1 Å².